The van der Waals surface area contributed by atoms with Gasteiger partial charge >= 0.3 is 0 Å². The number of carbonyl (C=O) groups excluding carboxylic acids is 1. The zero-order chi connectivity index (χ0) is 15.0. The van der Waals surface area contributed by atoms with Gasteiger partial charge in [0, 0.05) is 22.9 Å². The third kappa shape index (κ3) is 2.39. The third-order valence-electron chi connectivity index (χ3n) is 3.14. The van der Waals surface area contributed by atoms with Gasteiger partial charge < -0.3 is 5.73 Å². The molecule has 0 radical (unpaired) electrons. The van der Waals surface area contributed by atoms with Crippen LogP contribution in [0.3, 0.4) is 0 Å². The molecule has 20 heavy (non-hydrogen) atoms. The molecular weight excluding hydrogens is 267 g/mol. The number of carbonyl (C=O) groups is 1. The average Bonchev–Trinajstić information content (AvgIpc) is 2.38. The number of hydrogen-bond acceptors (Lipinski definition) is 2. The molecule has 2 aromatic rings. The molecule has 2 aromatic carbocycles. The van der Waals surface area contributed by atoms with Gasteiger partial charge in [-0.15, -0.1) is 0 Å². The topological polar surface area (TPSA) is 43.1 Å². The second-order valence-corrected chi connectivity index (χ2v) is 4.58. The van der Waals surface area contributed by atoms with Crippen molar-refractivity contribution in [2.24, 2.45) is 0 Å². The van der Waals surface area contributed by atoms with Crippen molar-refractivity contribution in [3.05, 3.63) is 64.0 Å². The molecule has 2 rings (SSSR count). The summed E-state index contributed by atoms with van der Waals surface area (Å²) in [6.45, 7) is 2.89. The summed E-state index contributed by atoms with van der Waals surface area (Å²) in [7, 11) is 0. The molecule has 0 aliphatic heterocycles. The Morgan fingerprint density at radius 2 is 1.60 bits per heavy atom. The van der Waals surface area contributed by atoms with E-state index < -0.39 is 23.2 Å². The van der Waals surface area contributed by atoms with E-state index in [9.17, 15) is 18.0 Å². The zero-order valence-electron chi connectivity index (χ0n) is 10.9. The highest BCUT2D eigenvalue weighted by molar-refractivity contribution is 6.09. The number of rotatable bonds is 2. The number of hydrogen-bond donors (Lipinski definition) is 1. The smallest absolute Gasteiger partial charge is 0.196 e. The van der Waals surface area contributed by atoms with Crippen molar-refractivity contribution in [1.29, 1.82) is 0 Å². The van der Waals surface area contributed by atoms with Gasteiger partial charge in [-0.2, -0.15) is 0 Å². The van der Waals surface area contributed by atoms with Crippen LogP contribution in [0.15, 0.2) is 24.3 Å². The standard InChI is InChI=1S/C15H12F3NO/c1-7-3-10(13(18)6-11(7)16)15(20)9-4-12(17)8(2)14(19)5-9/h3-6H,19H2,1-2H3. The number of halogens is 3. The van der Waals surface area contributed by atoms with Gasteiger partial charge in [-0.1, -0.05) is 0 Å². The number of nitrogen functional groups attached to an aromatic ring is 1. The molecule has 0 unspecified atom stereocenters. The van der Waals surface area contributed by atoms with E-state index in [1.54, 1.807) is 0 Å². The van der Waals surface area contributed by atoms with Crippen LogP contribution in [0.1, 0.15) is 27.0 Å². The first kappa shape index (κ1) is 14.1. The molecule has 0 aliphatic carbocycles. The lowest BCUT2D eigenvalue weighted by Gasteiger charge is -2.08. The van der Waals surface area contributed by atoms with Crippen LogP contribution in [0, 0.1) is 31.3 Å². The Hall–Kier alpha value is -2.30. The molecule has 0 saturated heterocycles. The summed E-state index contributed by atoms with van der Waals surface area (Å²) in [6.07, 6.45) is 0. The van der Waals surface area contributed by atoms with Crippen molar-refractivity contribution < 1.29 is 18.0 Å². The zero-order valence-corrected chi connectivity index (χ0v) is 10.9. The van der Waals surface area contributed by atoms with E-state index in [1.807, 2.05) is 0 Å². The predicted molar refractivity (Wildman–Crippen MR) is 70.1 cm³/mol. The van der Waals surface area contributed by atoms with Crippen molar-refractivity contribution in [3.63, 3.8) is 0 Å². The van der Waals surface area contributed by atoms with Gasteiger partial charge in [-0.3, -0.25) is 4.79 Å². The number of aryl methyl sites for hydroxylation is 1. The van der Waals surface area contributed by atoms with Crippen LogP contribution in [-0.2, 0) is 0 Å². The van der Waals surface area contributed by atoms with E-state index in [2.05, 4.69) is 0 Å². The average molecular weight is 279 g/mol. The van der Waals surface area contributed by atoms with Gasteiger partial charge in [-0.25, -0.2) is 13.2 Å². The van der Waals surface area contributed by atoms with Crippen LogP contribution in [0.5, 0.6) is 0 Å². The Bertz CT molecular complexity index is 688. The van der Waals surface area contributed by atoms with E-state index in [4.69, 9.17) is 5.73 Å². The molecule has 0 saturated carbocycles. The minimum absolute atomic E-state index is 0.0736. The maximum atomic E-state index is 13.7. The van der Waals surface area contributed by atoms with Crippen LogP contribution in [0.2, 0.25) is 0 Å². The fourth-order valence-corrected chi connectivity index (χ4v) is 1.82. The lowest BCUT2D eigenvalue weighted by Crippen LogP contribution is -2.08. The first-order chi connectivity index (χ1) is 9.31. The second kappa shape index (κ2) is 5.00. The van der Waals surface area contributed by atoms with E-state index >= 15 is 0 Å². The Balaban J connectivity index is 2.55. The molecule has 0 fully saturated rings. The summed E-state index contributed by atoms with van der Waals surface area (Å²) in [4.78, 5) is 12.2. The normalized spacial score (nSPS) is 10.7. The fourth-order valence-electron chi connectivity index (χ4n) is 1.82. The maximum absolute atomic E-state index is 13.7. The van der Waals surface area contributed by atoms with Gasteiger partial charge in [0.05, 0.1) is 5.56 Å². The van der Waals surface area contributed by atoms with Gasteiger partial charge in [0.2, 0.25) is 0 Å². The van der Waals surface area contributed by atoms with Crippen LogP contribution >= 0.6 is 0 Å². The fraction of sp³-hybridized carbons (Fsp3) is 0.133. The number of ketones is 1. The highest BCUT2D eigenvalue weighted by Crippen LogP contribution is 2.22. The predicted octanol–water partition coefficient (Wildman–Crippen LogP) is 3.53. The molecule has 5 heteroatoms. The molecule has 0 spiro atoms. The highest BCUT2D eigenvalue weighted by Gasteiger charge is 2.18. The summed E-state index contributed by atoms with van der Waals surface area (Å²) in [5, 5.41) is 0. The monoisotopic (exact) mass is 279 g/mol. The molecule has 0 atom stereocenters. The SMILES string of the molecule is Cc1cc(C(=O)c2cc(N)c(C)c(F)c2)c(F)cc1F. The number of anilines is 1. The molecule has 0 amide bonds. The molecule has 0 aromatic heterocycles. The summed E-state index contributed by atoms with van der Waals surface area (Å²) in [5.41, 5.74) is 5.65. The van der Waals surface area contributed by atoms with Crippen molar-refractivity contribution >= 4 is 11.5 Å². The molecule has 0 bridgehead atoms. The molecular formula is C15H12F3NO. The molecule has 104 valence electrons. The quantitative estimate of drug-likeness (QED) is 0.675. The van der Waals surface area contributed by atoms with Crippen LogP contribution in [0.4, 0.5) is 18.9 Å². The first-order valence-electron chi connectivity index (χ1n) is 5.87. The number of benzene rings is 2. The Labute approximate surface area is 114 Å². The van der Waals surface area contributed by atoms with Crippen LogP contribution in [-0.4, -0.2) is 5.78 Å². The molecule has 2 N–H and O–H groups in total. The maximum Gasteiger partial charge on any atom is 0.196 e. The lowest BCUT2D eigenvalue weighted by atomic mass is 9.99. The summed E-state index contributed by atoms with van der Waals surface area (Å²) >= 11 is 0. The van der Waals surface area contributed by atoms with E-state index in [-0.39, 0.29) is 27.9 Å². The van der Waals surface area contributed by atoms with E-state index in [0.717, 1.165) is 12.1 Å². The highest BCUT2D eigenvalue weighted by atomic mass is 19.1. The van der Waals surface area contributed by atoms with E-state index in [0.29, 0.717) is 6.07 Å². The molecule has 2 nitrogen and oxygen atoms in total. The molecule has 0 aliphatic rings. The summed E-state index contributed by atoms with van der Waals surface area (Å²) in [5.74, 6) is -3.12. The van der Waals surface area contributed by atoms with Gasteiger partial charge in [-0.05, 0) is 37.6 Å². The largest absolute Gasteiger partial charge is 0.398 e. The van der Waals surface area contributed by atoms with Crippen molar-refractivity contribution in [1.82, 2.24) is 0 Å². The van der Waals surface area contributed by atoms with E-state index in [1.165, 1.54) is 19.9 Å². The van der Waals surface area contributed by atoms with Gasteiger partial charge in [0.1, 0.15) is 17.5 Å². The summed E-state index contributed by atoms with van der Waals surface area (Å²) in [6, 6.07) is 4.00. The summed E-state index contributed by atoms with van der Waals surface area (Å²) < 4.78 is 40.4. The second-order valence-electron chi connectivity index (χ2n) is 4.58. The number of nitrogens with two attached hydrogens (primary N) is 1. The Kier molecular flexibility index (Phi) is 3.53. The first-order valence-corrected chi connectivity index (χ1v) is 5.87. The minimum atomic E-state index is -0.988. The lowest BCUT2D eigenvalue weighted by molar-refractivity contribution is 0.103. The van der Waals surface area contributed by atoms with Crippen molar-refractivity contribution in [3.8, 4) is 0 Å². The third-order valence-corrected chi connectivity index (χ3v) is 3.14. The Morgan fingerprint density at radius 3 is 2.20 bits per heavy atom. The van der Waals surface area contributed by atoms with Gasteiger partial charge in [0.25, 0.3) is 0 Å². The molecule has 0 heterocycles. The van der Waals surface area contributed by atoms with Gasteiger partial charge in [0.15, 0.2) is 5.78 Å². The van der Waals surface area contributed by atoms with Crippen molar-refractivity contribution in [2.75, 3.05) is 5.73 Å². The van der Waals surface area contributed by atoms with Crippen LogP contribution < -0.4 is 5.73 Å². The minimum Gasteiger partial charge on any atom is -0.398 e. The van der Waals surface area contributed by atoms with Crippen molar-refractivity contribution in [2.45, 2.75) is 13.8 Å². The Morgan fingerprint density at radius 1 is 0.950 bits per heavy atom. The van der Waals surface area contributed by atoms with Crippen LogP contribution in [0.25, 0.3) is 0 Å².